The van der Waals surface area contributed by atoms with Gasteiger partial charge in [0.25, 0.3) is 5.22 Å². The number of thioether (sulfide) groups is 1. The van der Waals surface area contributed by atoms with Crippen molar-refractivity contribution < 1.29 is 4.42 Å². The zero-order valence-electron chi connectivity index (χ0n) is 10.9. The summed E-state index contributed by atoms with van der Waals surface area (Å²) in [5.41, 5.74) is 0. The Morgan fingerprint density at radius 3 is 2.59 bits per heavy atom. The highest BCUT2D eigenvalue weighted by Crippen LogP contribution is 2.14. The van der Waals surface area contributed by atoms with Crippen molar-refractivity contribution in [1.82, 2.24) is 20.4 Å². The normalized spacial score (nSPS) is 11.3. The van der Waals surface area contributed by atoms with Crippen molar-refractivity contribution >= 4 is 11.8 Å². The van der Waals surface area contributed by atoms with Crippen LogP contribution in [0.15, 0.2) is 9.64 Å². The van der Waals surface area contributed by atoms with Gasteiger partial charge in [0.05, 0.1) is 0 Å². The Morgan fingerprint density at radius 1 is 1.24 bits per heavy atom. The van der Waals surface area contributed by atoms with Crippen LogP contribution in [-0.2, 0) is 0 Å². The van der Waals surface area contributed by atoms with Crippen molar-refractivity contribution in [2.24, 2.45) is 0 Å². The zero-order valence-corrected chi connectivity index (χ0v) is 11.7. The molecule has 98 valence electrons. The van der Waals surface area contributed by atoms with Gasteiger partial charge < -0.3 is 14.6 Å². The molecule has 1 rings (SSSR count). The number of rotatable bonds is 9. The summed E-state index contributed by atoms with van der Waals surface area (Å²) in [7, 11) is 0. The van der Waals surface area contributed by atoms with Crippen LogP contribution in [-0.4, -0.2) is 53.6 Å². The van der Waals surface area contributed by atoms with E-state index in [0.29, 0.717) is 11.1 Å². The molecule has 0 aromatic carbocycles. The average Bonchev–Trinajstić information content (AvgIpc) is 2.74. The summed E-state index contributed by atoms with van der Waals surface area (Å²) in [5, 5.41) is 11.8. The molecule has 0 aliphatic heterocycles. The molecule has 0 fully saturated rings. The summed E-state index contributed by atoms with van der Waals surface area (Å²) in [5.74, 6) is 1.59. The monoisotopic (exact) mass is 258 g/mol. The van der Waals surface area contributed by atoms with Crippen LogP contribution in [0.4, 0.5) is 0 Å². The molecule has 5 nitrogen and oxygen atoms in total. The quantitative estimate of drug-likeness (QED) is 0.534. The van der Waals surface area contributed by atoms with Crippen molar-refractivity contribution in [3.8, 4) is 0 Å². The maximum Gasteiger partial charge on any atom is 0.276 e. The molecule has 1 heterocycles. The topological polar surface area (TPSA) is 54.2 Å². The lowest BCUT2D eigenvalue weighted by molar-refractivity contribution is 0.303. The highest BCUT2D eigenvalue weighted by molar-refractivity contribution is 7.99. The van der Waals surface area contributed by atoms with Crippen LogP contribution >= 0.6 is 11.8 Å². The van der Waals surface area contributed by atoms with Crippen LogP contribution in [0.1, 0.15) is 19.7 Å². The first-order valence-corrected chi connectivity index (χ1v) is 7.10. The van der Waals surface area contributed by atoms with Gasteiger partial charge in [0, 0.05) is 32.3 Å². The summed E-state index contributed by atoms with van der Waals surface area (Å²) in [6, 6.07) is 0. The number of hydrogen-bond donors (Lipinski definition) is 1. The third-order valence-corrected chi connectivity index (χ3v) is 3.33. The second-order valence-electron chi connectivity index (χ2n) is 3.71. The molecule has 1 aromatic heterocycles. The second kappa shape index (κ2) is 8.49. The van der Waals surface area contributed by atoms with Crippen LogP contribution in [0.3, 0.4) is 0 Å². The maximum absolute atomic E-state index is 5.27. The summed E-state index contributed by atoms with van der Waals surface area (Å²) in [4.78, 5) is 2.40. The second-order valence-corrected chi connectivity index (χ2v) is 4.76. The van der Waals surface area contributed by atoms with Gasteiger partial charge >= 0.3 is 0 Å². The van der Waals surface area contributed by atoms with E-state index in [2.05, 4.69) is 34.3 Å². The minimum atomic E-state index is 0.627. The molecule has 6 heteroatoms. The number of aromatic nitrogens is 2. The molecule has 0 atom stereocenters. The molecule has 0 unspecified atom stereocenters. The molecule has 0 bridgehead atoms. The Balaban J connectivity index is 1.97. The van der Waals surface area contributed by atoms with Crippen LogP contribution in [0, 0.1) is 6.92 Å². The molecule has 17 heavy (non-hydrogen) atoms. The molecular weight excluding hydrogens is 236 g/mol. The van der Waals surface area contributed by atoms with Crippen molar-refractivity contribution in [1.29, 1.82) is 0 Å². The van der Waals surface area contributed by atoms with E-state index in [1.54, 1.807) is 18.7 Å². The van der Waals surface area contributed by atoms with Crippen molar-refractivity contribution in [3.05, 3.63) is 5.89 Å². The first-order valence-electron chi connectivity index (χ1n) is 6.12. The standard InChI is InChI=1S/C11H22N4OS/c1-4-15(5-2)8-6-12-7-9-17-11-14-13-10(3)16-11/h12H,4-9H2,1-3H3. The summed E-state index contributed by atoms with van der Waals surface area (Å²) in [6.45, 7) is 11.5. The Labute approximate surface area is 107 Å². The van der Waals surface area contributed by atoms with E-state index < -0.39 is 0 Å². The van der Waals surface area contributed by atoms with Gasteiger partial charge in [-0.25, -0.2) is 0 Å². The van der Waals surface area contributed by atoms with Gasteiger partial charge in [-0.2, -0.15) is 0 Å². The molecule has 0 saturated carbocycles. The lowest BCUT2D eigenvalue weighted by atomic mass is 10.4. The number of nitrogens with zero attached hydrogens (tertiary/aromatic N) is 3. The van der Waals surface area contributed by atoms with E-state index in [0.717, 1.165) is 38.5 Å². The molecular formula is C11H22N4OS. The Morgan fingerprint density at radius 2 is 2.00 bits per heavy atom. The Hall–Kier alpha value is -0.590. The average molecular weight is 258 g/mol. The number of hydrogen-bond acceptors (Lipinski definition) is 6. The van der Waals surface area contributed by atoms with E-state index in [1.807, 2.05) is 0 Å². The summed E-state index contributed by atoms with van der Waals surface area (Å²) in [6.07, 6.45) is 0. The summed E-state index contributed by atoms with van der Waals surface area (Å²) < 4.78 is 5.27. The van der Waals surface area contributed by atoms with Gasteiger partial charge in [0.15, 0.2) is 0 Å². The fourth-order valence-electron chi connectivity index (χ4n) is 1.45. The largest absolute Gasteiger partial charge is 0.416 e. The summed E-state index contributed by atoms with van der Waals surface area (Å²) >= 11 is 1.60. The van der Waals surface area contributed by atoms with Crippen molar-refractivity contribution in [3.63, 3.8) is 0 Å². The van der Waals surface area contributed by atoms with Gasteiger partial charge in [0.1, 0.15) is 0 Å². The zero-order chi connectivity index (χ0) is 12.5. The molecule has 1 N–H and O–H groups in total. The van der Waals surface area contributed by atoms with E-state index in [1.165, 1.54) is 0 Å². The molecule has 0 amide bonds. The fourth-order valence-corrected chi connectivity index (χ4v) is 2.15. The SMILES string of the molecule is CCN(CC)CCNCCSc1nnc(C)o1. The van der Waals surface area contributed by atoms with E-state index in [9.17, 15) is 0 Å². The van der Waals surface area contributed by atoms with Crippen LogP contribution in [0.25, 0.3) is 0 Å². The molecule has 0 aliphatic carbocycles. The Kier molecular flexibility index (Phi) is 7.23. The van der Waals surface area contributed by atoms with Gasteiger partial charge in [-0.15, -0.1) is 10.2 Å². The first kappa shape index (κ1) is 14.5. The van der Waals surface area contributed by atoms with E-state index in [4.69, 9.17) is 4.42 Å². The van der Waals surface area contributed by atoms with Crippen molar-refractivity contribution in [2.75, 3.05) is 38.5 Å². The van der Waals surface area contributed by atoms with Gasteiger partial charge in [-0.3, -0.25) is 0 Å². The van der Waals surface area contributed by atoms with Gasteiger partial charge in [0.2, 0.25) is 5.89 Å². The predicted molar refractivity (Wildman–Crippen MR) is 70.4 cm³/mol. The fraction of sp³-hybridized carbons (Fsp3) is 0.818. The highest BCUT2D eigenvalue weighted by Gasteiger charge is 2.02. The number of aryl methyl sites for hydroxylation is 1. The lowest BCUT2D eigenvalue weighted by Crippen LogP contribution is -2.32. The third-order valence-electron chi connectivity index (χ3n) is 2.51. The van der Waals surface area contributed by atoms with Gasteiger partial charge in [-0.05, 0) is 13.1 Å². The lowest BCUT2D eigenvalue weighted by Gasteiger charge is -2.17. The van der Waals surface area contributed by atoms with Crippen molar-refractivity contribution in [2.45, 2.75) is 26.0 Å². The maximum atomic E-state index is 5.27. The minimum absolute atomic E-state index is 0.627. The molecule has 0 spiro atoms. The number of nitrogens with one attached hydrogen (secondary N) is 1. The third kappa shape index (κ3) is 6.05. The van der Waals surface area contributed by atoms with Gasteiger partial charge in [-0.1, -0.05) is 25.6 Å². The predicted octanol–water partition coefficient (Wildman–Crippen LogP) is 1.40. The van der Waals surface area contributed by atoms with Crippen LogP contribution < -0.4 is 5.32 Å². The number of likely N-dealkylation sites (N-methyl/N-ethyl adjacent to an activating group) is 1. The van der Waals surface area contributed by atoms with E-state index in [-0.39, 0.29) is 0 Å². The first-order chi connectivity index (χ1) is 8.26. The molecule has 1 aromatic rings. The van der Waals surface area contributed by atoms with Crippen LogP contribution in [0.5, 0.6) is 0 Å². The minimum Gasteiger partial charge on any atom is -0.416 e. The molecule has 0 aliphatic rings. The molecule has 0 saturated heterocycles. The highest BCUT2D eigenvalue weighted by atomic mass is 32.2. The van der Waals surface area contributed by atoms with E-state index >= 15 is 0 Å². The van der Waals surface area contributed by atoms with Crippen LogP contribution in [0.2, 0.25) is 0 Å². The Bertz CT molecular complexity index is 301. The smallest absolute Gasteiger partial charge is 0.276 e. The molecule has 0 radical (unpaired) electrons.